The number of halogens is 3. The normalized spacial score (nSPS) is 10.6. The monoisotopic (exact) mass is 390 g/mol. The van der Waals surface area contributed by atoms with Gasteiger partial charge in [-0.05, 0) is 51.8 Å². The van der Waals surface area contributed by atoms with Crippen LogP contribution in [-0.4, -0.2) is 11.1 Å². The summed E-state index contributed by atoms with van der Waals surface area (Å²) in [5, 5.41) is 10.3. The molecule has 0 bridgehead atoms. The Hall–Kier alpha value is -0.680. The molecule has 0 aliphatic rings. The minimum absolute atomic E-state index is 0.236. The molecule has 2 rings (SSSR count). The van der Waals surface area contributed by atoms with Gasteiger partial charge in [0.25, 0.3) is 0 Å². The topological polar surface area (TPSA) is 37.3 Å². The molecular weight excluding hydrogens is 383 g/mol. The van der Waals surface area contributed by atoms with E-state index in [1.54, 1.807) is 30.3 Å². The molecule has 2 aromatic carbocycles. The molecule has 0 saturated carbocycles. The zero-order valence-corrected chi connectivity index (χ0v) is 14.0. The van der Waals surface area contributed by atoms with Gasteiger partial charge in [-0.15, -0.1) is 11.8 Å². The summed E-state index contributed by atoms with van der Waals surface area (Å²) in [6, 6.07) is 10.6. The number of carbonyl (C=O) groups is 1. The number of benzene rings is 2. The third-order valence-corrected chi connectivity index (χ3v) is 5.03. The maximum absolute atomic E-state index is 11.1. The number of carboxylic acid groups (broad SMARTS) is 1. The van der Waals surface area contributed by atoms with Crippen molar-refractivity contribution in [2.75, 3.05) is 0 Å². The lowest BCUT2D eigenvalue weighted by molar-refractivity contribution is 0.0695. The van der Waals surface area contributed by atoms with Gasteiger partial charge in [0.1, 0.15) is 0 Å². The molecule has 20 heavy (non-hydrogen) atoms. The number of rotatable bonds is 4. The summed E-state index contributed by atoms with van der Waals surface area (Å²) in [4.78, 5) is 11.9. The zero-order valence-electron chi connectivity index (χ0n) is 10.1. The number of hydrogen-bond acceptors (Lipinski definition) is 2. The largest absolute Gasteiger partial charge is 0.478 e. The van der Waals surface area contributed by atoms with Gasteiger partial charge in [0, 0.05) is 25.2 Å². The first-order chi connectivity index (χ1) is 9.49. The lowest BCUT2D eigenvalue weighted by atomic mass is 10.2. The second kappa shape index (κ2) is 6.85. The van der Waals surface area contributed by atoms with Crippen molar-refractivity contribution in [3.63, 3.8) is 0 Å². The number of thioether (sulfide) groups is 1. The van der Waals surface area contributed by atoms with E-state index in [-0.39, 0.29) is 5.56 Å². The van der Waals surface area contributed by atoms with E-state index >= 15 is 0 Å². The van der Waals surface area contributed by atoms with Crippen LogP contribution in [0.15, 0.2) is 45.8 Å². The predicted octanol–water partition coefficient (Wildman–Crippen LogP) is 5.75. The second-order valence-electron chi connectivity index (χ2n) is 3.94. The summed E-state index contributed by atoms with van der Waals surface area (Å²) in [6.07, 6.45) is 0. The highest BCUT2D eigenvalue weighted by Gasteiger charge is 2.11. The molecule has 0 aromatic heterocycles. The van der Waals surface area contributed by atoms with E-state index in [4.69, 9.17) is 28.3 Å². The molecule has 1 N–H and O–H groups in total. The summed E-state index contributed by atoms with van der Waals surface area (Å²) in [7, 11) is 0. The van der Waals surface area contributed by atoms with Gasteiger partial charge in [0.2, 0.25) is 0 Å². The van der Waals surface area contributed by atoms with Gasteiger partial charge >= 0.3 is 5.97 Å². The highest BCUT2D eigenvalue weighted by Crippen LogP contribution is 2.32. The van der Waals surface area contributed by atoms with Gasteiger partial charge in [-0.2, -0.15) is 0 Å². The van der Waals surface area contributed by atoms with Crippen LogP contribution in [-0.2, 0) is 5.75 Å². The molecule has 2 nitrogen and oxygen atoms in total. The Morgan fingerprint density at radius 1 is 1.20 bits per heavy atom. The quantitative estimate of drug-likeness (QED) is 0.674. The molecule has 2 aromatic rings. The smallest absolute Gasteiger partial charge is 0.336 e. The van der Waals surface area contributed by atoms with Crippen molar-refractivity contribution in [3.8, 4) is 0 Å². The Morgan fingerprint density at radius 2 is 1.85 bits per heavy atom. The molecule has 6 heteroatoms. The van der Waals surface area contributed by atoms with Crippen molar-refractivity contribution in [2.24, 2.45) is 0 Å². The van der Waals surface area contributed by atoms with E-state index in [1.807, 2.05) is 6.07 Å². The van der Waals surface area contributed by atoms with E-state index in [0.29, 0.717) is 20.3 Å². The second-order valence-corrected chi connectivity index (χ2v) is 6.65. The molecule has 0 aliphatic heterocycles. The van der Waals surface area contributed by atoms with E-state index in [1.165, 1.54) is 11.8 Å². The number of aromatic carboxylic acids is 1. The zero-order chi connectivity index (χ0) is 14.7. The van der Waals surface area contributed by atoms with Gasteiger partial charge in [0.05, 0.1) is 5.56 Å². The van der Waals surface area contributed by atoms with E-state index in [9.17, 15) is 4.79 Å². The summed E-state index contributed by atoms with van der Waals surface area (Å²) >= 11 is 16.9. The van der Waals surface area contributed by atoms with E-state index < -0.39 is 5.97 Å². The minimum Gasteiger partial charge on any atom is -0.478 e. The molecule has 0 aliphatic carbocycles. The van der Waals surface area contributed by atoms with Gasteiger partial charge in [-0.3, -0.25) is 0 Å². The molecule has 0 fully saturated rings. The maximum atomic E-state index is 11.1. The predicted molar refractivity (Wildman–Crippen MR) is 87.1 cm³/mol. The van der Waals surface area contributed by atoms with Crippen molar-refractivity contribution in [2.45, 2.75) is 10.6 Å². The lowest BCUT2D eigenvalue weighted by Gasteiger charge is -2.08. The molecule has 0 amide bonds. The van der Waals surface area contributed by atoms with Crippen LogP contribution in [0, 0.1) is 0 Å². The van der Waals surface area contributed by atoms with Gasteiger partial charge < -0.3 is 5.11 Å². The Bertz CT molecular complexity index is 641. The highest BCUT2D eigenvalue weighted by molar-refractivity contribution is 9.10. The van der Waals surface area contributed by atoms with Crippen LogP contribution in [0.2, 0.25) is 10.0 Å². The van der Waals surface area contributed by atoms with Crippen LogP contribution in [0.25, 0.3) is 0 Å². The van der Waals surface area contributed by atoms with Crippen LogP contribution < -0.4 is 0 Å². The fourth-order valence-corrected chi connectivity index (χ4v) is 3.68. The van der Waals surface area contributed by atoms with Crippen LogP contribution in [0.4, 0.5) is 0 Å². The summed E-state index contributed by atoms with van der Waals surface area (Å²) in [6.45, 7) is 0. The fourth-order valence-electron chi connectivity index (χ4n) is 1.58. The molecule has 0 unspecified atom stereocenters. The molecule has 0 spiro atoms. The van der Waals surface area contributed by atoms with Crippen molar-refractivity contribution < 1.29 is 9.90 Å². The molecule has 104 valence electrons. The highest BCUT2D eigenvalue weighted by atomic mass is 79.9. The maximum Gasteiger partial charge on any atom is 0.336 e. The molecule has 0 heterocycles. The first kappa shape index (κ1) is 15.7. The standard InChI is InChI=1S/C14H9BrCl2O2S/c15-11-5-4-8(6-9(11)14(18)19)20-7-10-12(16)2-1-3-13(10)17/h1-6H,7H2,(H,18,19). The number of hydrogen-bond donors (Lipinski definition) is 1. The first-order valence-electron chi connectivity index (χ1n) is 5.57. The van der Waals surface area contributed by atoms with Gasteiger partial charge in [-0.25, -0.2) is 4.79 Å². The van der Waals surface area contributed by atoms with Crippen LogP contribution >= 0.6 is 50.9 Å². The third-order valence-electron chi connectivity index (χ3n) is 2.61. The minimum atomic E-state index is -0.963. The van der Waals surface area contributed by atoms with Crippen molar-refractivity contribution >= 4 is 56.9 Å². The van der Waals surface area contributed by atoms with E-state index in [2.05, 4.69) is 15.9 Å². The molecular formula is C14H9BrCl2O2S. The van der Waals surface area contributed by atoms with E-state index in [0.717, 1.165) is 10.5 Å². The van der Waals surface area contributed by atoms with Crippen LogP contribution in [0.1, 0.15) is 15.9 Å². The van der Waals surface area contributed by atoms with Crippen molar-refractivity contribution in [1.82, 2.24) is 0 Å². The molecule has 0 saturated heterocycles. The average molecular weight is 392 g/mol. The first-order valence-corrected chi connectivity index (χ1v) is 8.11. The van der Waals surface area contributed by atoms with Crippen LogP contribution in [0.3, 0.4) is 0 Å². The Balaban J connectivity index is 2.19. The average Bonchev–Trinajstić information content (AvgIpc) is 2.39. The summed E-state index contributed by atoms with van der Waals surface area (Å²) in [5.41, 5.74) is 1.08. The van der Waals surface area contributed by atoms with Gasteiger partial charge in [0.15, 0.2) is 0 Å². The molecule has 0 radical (unpaired) electrons. The Morgan fingerprint density at radius 3 is 2.45 bits per heavy atom. The number of carboxylic acids is 1. The lowest BCUT2D eigenvalue weighted by Crippen LogP contribution is -1.97. The third kappa shape index (κ3) is 3.70. The van der Waals surface area contributed by atoms with Crippen molar-refractivity contribution in [3.05, 3.63) is 62.0 Å². The SMILES string of the molecule is O=C(O)c1cc(SCc2c(Cl)cccc2Cl)ccc1Br. The fraction of sp³-hybridized carbons (Fsp3) is 0.0714. The Kier molecular flexibility index (Phi) is 5.38. The van der Waals surface area contributed by atoms with Gasteiger partial charge in [-0.1, -0.05) is 29.3 Å². The van der Waals surface area contributed by atoms with Crippen LogP contribution in [0.5, 0.6) is 0 Å². The summed E-state index contributed by atoms with van der Waals surface area (Å²) in [5.74, 6) is -0.380. The summed E-state index contributed by atoms with van der Waals surface area (Å²) < 4.78 is 0.560. The molecule has 0 atom stereocenters. The Labute approximate surface area is 139 Å². The van der Waals surface area contributed by atoms with Crippen molar-refractivity contribution in [1.29, 1.82) is 0 Å².